The van der Waals surface area contributed by atoms with Crippen molar-refractivity contribution >= 4 is 0 Å². The summed E-state index contributed by atoms with van der Waals surface area (Å²) in [6, 6.07) is 9.91. The van der Waals surface area contributed by atoms with Gasteiger partial charge in [-0.25, -0.2) is 0 Å². The molecule has 3 aliphatic rings. The van der Waals surface area contributed by atoms with Gasteiger partial charge < -0.3 is 0 Å². The smallest absolute Gasteiger partial charge is 0.0162 e. The van der Waals surface area contributed by atoms with Gasteiger partial charge >= 0.3 is 0 Å². The third kappa shape index (κ3) is 8.13. The summed E-state index contributed by atoms with van der Waals surface area (Å²) in [4.78, 5) is 0. The molecule has 3 saturated carbocycles. The molecule has 0 bridgehead atoms. The van der Waals surface area contributed by atoms with E-state index in [1.54, 1.807) is 17.5 Å². The Kier molecular flexibility index (Phi) is 10.9. The van der Waals surface area contributed by atoms with E-state index in [0.717, 1.165) is 35.5 Å². The third-order valence-corrected chi connectivity index (χ3v) is 10.6. The van der Waals surface area contributed by atoms with Crippen LogP contribution in [-0.2, 0) is 6.42 Å². The van der Waals surface area contributed by atoms with Crippen LogP contribution in [0.2, 0.25) is 0 Å². The Hall–Kier alpha value is -0.780. The second-order valence-electron chi connectivity index (χ2n) is 12.9. The summed E-state index contributed by atoms with van der Waals surface area (Å²) in [6.07, 6.45) is 29.5. The number of hydrogen-bond donors (Lipinski definition) is 0. The van der Waals surface area contributed by atoms with Gasteiger partial charge in [0.1, 0.15) is 0 Å². The van der Waals surface area contributed by atoms with E-state index in [4.69, 9.17) is 0 Å². The first-order chi connectivity index (χ1) is 16.7. The standard InChI is InChI=1S/C34H56/c1-3-5-6-28-19-23-33(24-20-28)34-25-21-32(22-26-34)18-17-31-15-13-30(14-16-31)12-11-29-9-7-27(4-2)8-10-29/h21-22,25-31,33H,3-20,23-24H2,1-2H3. The van der Waals surface area contributed by atoms with Gasteiger partial charge in [0.25, 0.3) is 0 Å². The van der Waals surface area contributed by atoms with Crippen LogP contribution < -0.4 is 0 Å². The Morgan fingerprint density at radius 1 is 0.529 bits per heavy atom. The number of aryl methyl sites for hydroxylation is 1. The normalized spacial score (nSPS) is 32.5. The molecule has 3 aliphatic carbocycles. The summed E-state index contributed by atoms with van der Waals surface area (Å²) in [5.41, 5.74) is 3.21. The van der Waals surface area contributed by atoms with Gasteiger partial charge in [0, 0.05) is 0 Å². The Labute approximate surface area is 213 Å². The molecule has 0 radical (unpaired) electrons. The van der Waals surface area contributed by atoms with Gasteiger partial charge in [0.2, 0.25) is 0 Å². The summed E-state index contributed by atoms with van der Waals surface area (Å²) in [5.74, 6) is 6.03. The van der Waals surface area contributed by atoms with E-state index in [2.05, 4.69) is 38.1 Å². The van der Waals surface area contributed by atoms with E-state index in [1.165, 1.54) is 122 Å². The molecule has 3 fully saturated rings. The van der Waals surface area contributed by atoms with Crippen molar-refractivity contribution in [1.82, 2.24) is 0 Å². The first kappa shape index (κ1) is 26.3. The van der Waals surface area contributed by atoms with E-state index in [-0.39, 0.29) is 0 Å². The fourth-order valence-electron chi connectivity index (χ4n) is 7.81. The molecule has 0 nitrogen and oxygen atoms in total. The quantitative estimate of drug-likeness (QED) is 0.305. The predicted octanol–water partition coefficient (Wildman–Crippen LogP) is 10.9. The van der Waals surface area contributed by atoms with E-state index in [0.29, 0.717) is 0 Å². The van der Waals surface area contributed by atoms with Crippen LogP contribution in [0.1, 0.15) is 153 Å². The molecule has 0 heteroatoms. The lowest BCUT2D eigenvalue weighted by Gasteiger charge is -2.32. The van der Waals surface area contributed by atoms with Gasteiger partial charge in [0.05, 0.1) is 0 Å². The molecule has 1 aromatic carbocycles. The molecular weight excluding hydrogens is 408 g/mol. The minimum Gasteiger partial charge on any atom is -0.0654 e. The topological polar surface area (TPSA) is 0 Å². The van der Waals surface area contributed by atoms with Crippen LogP contribution in [0.5, 0.6) is 0 Å². The highest BCUT2D eigenvalue weighted by Gasteiger charge is 2.25. The van der Waals surface area contributed by atoms with Crippen LogP contribution in [0.15, 0.2) is 24.3 Å². The highest BCUT2D eigenvalue weighted by molar-refractivity contribution is 5.26. The summed E-state index contributed by atoms with van der Waals surface area (Å²) in [5, 5.41) is 0. The second kappa shape index (κ2) is 14.1. The molecule has 4 rings (SSSR count). The largest absolute Gasteiger partial charge is 0.0654 e. The molecule has 0 aliphatic heterocycles. The highest BCUT2D eigenvalue weighted by atomic mass is 14.3. The number of benzene rings is 1. The maximum absolute atomic E-state index is 2.48. The molecule has 34 heavy (non-hydrogen) atoms. The molecule has 0 unspecified atom stereocenters. The summed E-state index contributed by atoms with van der Waals surface area (Å²) in [6.45, 7) is 4.72. The molecule has 0 spiro atoms. The predicted molar refractivity (Wildman–Crippen MR) is 149 cm³/mol. The summed E-state index contributed by atoms with van der Waals surface area (Å²) < 4.78 is 0. The molecule has 1 aromatic rings. The van der Waals surface area contributed by atoms with E-state index in [9.17, 15) is 0 Å². The lowest BCUT2D eigenvalue weighted by atomic mass is 9.74. The van der Waals surface area contributed by atoms with Crippen molar-refractivity contribution in [1.29, 1.82) is 0 Å². The third-order valence-electron chi connectivity index (χ3n) is 10.6. The van der Waals surface area contributed by atoms with Crippen molar-refractivity contribution in [2.24, 2.45) is 29.6 Å². The summed E-state index contributed by atoms with van der Waals surface area (Å²) in [7, 11) is 0. The van der Waals surface area contributed by atoms with Crippen LogP contribution in [0, 0.1) is 29.6 Å². The van der Waals surface area contributed by atoms with Crippen LogP contribution in [-0.4, -0.2) is 0 Å². The van der Waals surface area contributed by atoms with Crippen molar-refractivity contribution in [2.45, 2.75) is 148 Å². The van der Waals surface area contributed by atoms with Gasteiger partial charge in [0.15, 0.2) is 0 Å². The van der Waals surface area contributed by atoms with Crippen LogP contribution >= 0.6 is 0 Å². The van der Waals surface area contributed by atoms with E-state index >= 15 is 0 Å². The molecule has 0 atom stereocenters. The fraction of sp³-hybridized carbons (Fsp3) is 0.824. The average molecular weight is 465 g/mol. The van der Waals surface area contributed by atoms with Crippen molar-refractivity contribution in [2.75, 3.05) is 0 Å². The molecule has 0 aromatic heterocycles. The van der Waals surface area contributed by atoms with Gasteiger partial charge in [-0.2, -0.15) is 0 Å². The molecular formula is C34H56. The second-order valence-corrected chi connectivity index (χ2v) is 12.9. The number of hydrogen-bond acceptors (Lipinski definition) is 0. The Morgan fingerprint density at radius 2 is 1.00 bits per heavy atom. The zero-order valence-corrected chi connectivity index (χ0v) is 22.9. The Balaban J connectivity index is 1.09. The monoisotopic (exact) mass is 464 g/mol. The first-order valence-electron chi connectivity index (χ1n) is 15.8. The zero-order valence-electron chi connectivity index (χ0n) is 22.9. The lowest BCUT2D eigenvalue weighted by molar-refractivity contribution is 0.212. The van der Waals surface area contributed by atoms with Crippen molar-refractivity contribution in [3.05, 3.63) is 35.4 Å². The minimum absolute atomic E-state index is 0.837. The van der Waals surface area contributed by atoms with E-state index in [1.807, 2.05) is 0 Å². The van der Waals surface area contributed by atoms with Gasteiger partial charge in [-0.15, -0.1) is 0 Å². The lowest BCUT2D eigenvalue weighted by Crippen LogP contribution is -2.18. The molecule has 0 N–H and O–H groups in total. The summed E-state index contributed by atoms with van der Waals surface area (Å²) >= 11 is 0. The molecule has 192 valence electrons. The fourth-order valence-corrected chi connectivity index (χ4v) is 7.81. The number of rotatable bonds is 11. The maximum atomic E-state index is 2.48. The van der Waals surface area contributed by atoms with Crippen LogP contribution in [0.3, 0.4) is 0 Å². The minimum atomic E-state index is 0.837. The van der Waals surface area contributed by atoms with E-state index < -0.39 is 0 Å². The SMILES string of the molecule is CCCCC1CCC(c2ccc(CCC3CCC(CCC4CCC(CC)CC4)CC3)cc2)CC1. The average Bonchev–Trinajstić information content (AvgIpc) is 2.91. The highest BCUT2D eigenvalue weighted by Crippen LogP contribution is 2.39. The van der Waals surface area contributed by atoms with Gasteiger partial charge in [-0.1, -0.05) is 128 Å². The van der Waals surface area contributed by atoms with Crippen molar-refractivity contribution in [3.63, 3.8) is 0 Å². The first-order valence-corrected chi connectivity index (χ1v) is 15.8. The van der Waals surface area contributed by atoms with Crippen molar-refractivity contribution in [3.8, 4) is 0 Å². The molecule has 0 heterocycles. The molecule has 0 saturated heterocycles. The van der Waals surface area contributed by atoms with Gasteiger partial charge in [-0.05, 0) is 85.2 Å². The van der Waals surface area contributed by atoms with Crippen LogP contribution in [0.25, 0.3) is 0 Å². The number of unbranched alkanes of at least 4 members (excludes halogenated alkanes) is 1. The maximum Gasteiger partial charge on any atom is -0.0162 e. The molecule has 0 amide bonds. The zero-order chi connectivity index (χ0) is 23.6. The van der Waals surface area contributed by atoms with Crippen molar-refractivity contribution < 1.29 is 0 Å². The van der Waals surface area contributed by atoms with Crippen LogP contribution in [0.4, 0.5) is 0 Å². The Morgan fingerprint density at radius 3 is 1.53 bits per heavy atom. The Bertz CT molecular complexity index is 648. The van der Waals surface area contributed by atoms with Gasteiger partial charge in [-0.3, -0.25) is 0 Å².